The number of carbonyl (C=O) groups excluding carboxylic acids is 2. The number of hydrogen-bond acceptors (Lipinski definition) is 3. The molecule has 2 N–H and O–H groups in total. The molecule has 126 valence electrons. The van der Waals surface area contributed by atoms with E-state index in [1.807, 2.05) is 25.1 Å². The lowest BCUT2D eigenvalue weighted by Gasteiger charge is -2.21. The van der Waals surface area contributed by atoms with Crippen LogP contribution in [-0.2, 0) is 9.59 Å². The standard InChI is InChI=1S/C18H26N2O3/c1-14-6-5-9-16(12-14)23-13-18(22)20-19-17(21)11-10-15-7-3-2-4-8-15/h5-6,9,12,15H,2-4,7-8,10-11,13H2,1H3,(H,19,21)(H,20,22). The van der Waals surface area contributed by atoms with Crippen LogP contribution in [0.25, 0.3) is 0 Å². The number of benzene rings is 1. The summed E-state index contributed by atoms with van der Waals surface area (Å²) in [7, 11) is 0. The lowest BCUT2D eigenvalue weighted by molar-refractivity contribution is -0.130. The molecule has 0 aliphatic heterocycles. The van der Waals surface area contributed by atoms with E-state index in [-0.39, 0.29) is 18.4 Å². The molecule has 1 aromatic rings. The van der Waals surface area contributed by atoms with Gasteiger partial charge in [0.2, 0.25) is 5.91 Å². The molecule has 0 spiro atoms. The van der Waals surface area contributed by atoms with Crippen LogP contribution in [0.15, 0.2) is 24.3 Å². The number of hydrogen-bond donors (Lipinski definition) is 2. The van der Waals surface area contributed by atoms with Crippen molar-refractivity contribution in [2.45, 2.75) is 51.9 Å². The normalized spacial score (nSPS) is 15.0. The Morgan fingerprint density at radius 1 is 1.13 bits per heavy atom. The highest BCUT2D eigenvalue weighted by molar-refractivity contribution is 5.82. The molecule has 1 fully saturated rings. The fourth-order valence-corrected chi connectivity index (χ4v) is 2.90. The minimum atomic E-state index is -0.363. The van der Waals surface area contributed by atoms with E-state index in [1.165, 1.54) is 32.1 Å². The number of aryl methyl sites for hydroxylation is 1. The predicted molar refractivity (Wildman–Crippen MR) is 88.8 cm³/mol. The van der Waals surface area contributed by atoms with E-state index < -0.39 is 0 Å². The van der Waals surface area contributed by atoms with Gasteiger partial charge in [0.15, 0.2) is 6.61 Å². The van der Waals surface area contributed by atoms with Crippen molar-refractivity contribution in [3.05, 3.63) is 29.8 Å². The third-order valence-electron chi connectivity index (χ3n) is 4.21. The van der Waals surface area contributed by atoms with Crippen LogP contribution in [0.2, 0.25) is 0 Å². The van der Waals surface area contributed by atoms with Crippen molar-refractivity contribution >= 4 is 11.8 Å². The van der Waals surface area contributed by atoms with Crippen LogP contribution in [0.4, 0.5) is 0 Å². The van der Waals surface area contributed by atoms with E-state index in [2.05, 4.69) is 10.9 Å². The van der Waals surface area contributed by atoms with Crippen LogP contribution in [0.1, 0.15) is 50.5 Å². The van der Waals surface area contributed by atoms with Crippen molar-refractivity contribution in [2.24, 2.45) is 5.92 Å². The maximum atomic E-state index is 11.7. The molecule has 0 atom stereocenters. The highest BCUT2D eigenvalue weighted by atomic mass is 16.5. The van der Waals surface area contributed by atoms with Crippen LogP contribution < -0.4 is 15.6 Å². The van der Waals surface area contributed by atoms with Crippen molar-refractivity contribution in [3.8, 4) is 5.75 Å². The Labute approximate surface area is 137 Å². The molecule has 1 saturated carbocycles. The Morgan fingerprint density at radius 3 is 2.61 bits per heavy atom. The van der Waals surface area contributed by atoms with Crippen LogP contribution in [0.5, 0.6) is 5.75 Å². The lowest BCUT2D eigenvalue weighted by Crippen LogP contribution is -2.43. The third kappa shape index (κ3) is 6.72. The largest absolute Gasteiger partial charge is 0.484 e. The zero-order valence-electron chi connectivity index (χ0n) is 13.8. The van der Waals surface area contributed by atoms with Crippen LogP contribution in [0, 0.1) is 12.8 Å². The van der Waals surface area contributed by atoms with Gasteiger partial charge in [-0.1, -0.05) is 44.2 Å². The van der Waals surface area contributed by atoms with Crippen molar-refractivity contribution in [1.82, 2.24) is 10.9 Å². The first-order chi connectivity index (χ1) is 11.1. The molecule has 0 heterocycles. The number of ether oxygens (including phenoxy) is 1. The molecule has 23 heavy (non-hydrogen) atoms. The molecule has 1 aliphatic rings. The van der Waals surface area contributed by atoms with Crippen LogP contribution >= 0.6 is 0 Å². The Morgan fingerprint density at radius 2 is 1.87 bits per heavy atom. The quantitative estimate of drug-likeness (QED) is 0.793. The first-order valence-corrected chi connectivity index (χ1v) is 8.40. The first-order valence-electron chi connectivity index (χ1n) is 8.40. The Kier molecular flexibility index (Phi) is 6.91. The maximum absolute atomic E-state index is 11.7. The van der Waals surface area contributed by atoms with Crippen molar-refractivity contribution in [3.63, 3.8) is 0 Å². The van der Waals surface area contributed by atoms with Gasteiger partial charge in [-0.3, -0.25) is 20.4 Å². The SMILES string of the molecule is Cc1cccc(OCC(=O)NNC(=O)CCC2CCCCC2)c1. The van der Waals surface area contributed by atoms with Gasteiger partial charge in [0.1, 0.15) is 5.75 Å². The van der Waals surface area contributed by atoms with Crippen LogP contribution in [-0.4, -0.2) is 18.4 Å². The zero-order chi connectivity index (χ0) is 16.5. The van der Waals surface area contributed by atoms with Crippen molar-refractivity contribution < 1.29 is 14.3 Å². The highest BCUT2D eigenvalue weighted by Crippen LogP contribution is 2.27. The predicted octanol–water partition coefficient (Wildman–Crippen LogP) is 2.88. The van der Waals surface area contributed by atoms with Gasteiger partial charge in [0.05, 0.1) is 0 Å². The third-order valence-corrected chi connectivity index (χ3v) is 4.21. The molecule has 0 unspecified atom stereocenters. The summed E-state index contributed by atoms with van der Waals surface area (Å²) in [6.45, 7) is 1.84. The zero-order valence-corrected chi connectivity index (χ0v) is 13.8. The lowest BCUT2D eigenvalue weighted by atomic mass is 9.86. The summed E-state index contributed by atoms with van der Waals surface area (Å²) in [4.78, 5) is 23.4. The Bertz CT molecular complexity index is 525. The maximum Gasteiger partial charge on any atom is 0.276 e. The summed E-state index contributed by atoms with van der Waals surface area (Å²) in [5, 5.41) is 0. The van der Waals surface area contributed by atoms with Crippen molar-refractivity contribution in [2.75, 3.05) is 6.61 Å². The highest BCUT2D eigenvalue weighted by Gasteiger charge is 2.15. The van der Waals surface area contributed by atoms with Crippen LogP contribution in [0.3, 0.4) is 0 Å². The van der Waals surface area contributed by atoms with Gasteiger partial charge in [-0.25, -0.2) is 0 Å². The first kappa shape index (κ1) is 17.3. The van der Waals surface area contributed by atoms with Gasteiger partial charge in [-0.15, -0.1) is 0 Å². The van der Waals surface area contributed by atoms with E-state index in [0.717, 1.165) is 12.0 Å². The van der Waals surface area contributed by atoms with E-state index >= 15 is 0 Å². The molecule has 5 nitrogen and oxygen atoms in total. The summed E-state index contributed by atoms with van der Waals surface area (Å²) < 4.78 is 5.37. The molecule has 1 aromatic carbocycles. The average molecular weight is 318 g/mol. The molecular formula is C18H26N2O3. The van der Waals surface area contributed by atoms with Gasteiger partial charge < -0.3 is 4.74 Å². The number of rotatable bonds is 6. The molecule has 2 amide bonds. The Hall–Kier alpha value is -2.04. The minimum absolute atomic E-state index is 0.119. The number of amides is 2. The van der Waals surface area contributed by atoms with Gasteiger partial charge in [-0.05, 0) is 37.0 Å². The summed E-state index contributed by atoms with van der Waals surface area (Å²) in [5.74, 6) is 0.802. The molecule has 0 bridgehead atoms. The van der Waals surface area contributed by atoms with Crippen molar-refractivity contribution in [1.29, 1.82) is 0 Å². The molecule has 0 saturated heterocycles. The molecule has 0 radical (unpaired) electrons. The summed E-state index contributed by atoms with van der Waals surface area (Å²) in [5.41, 5.74) is 5.91. The fourth-order valence-electron chi connectivity index (χ4n) is 2.90. The summed E-state index contributed by atoms with van der Waals surface area (Å²) in [6.07, 6.45) is 7.69. The summed E-state index contributed by atoms with van der Waals surface area (Å²) in [6, 6.07) is 7.48. The summed E-state index contributed by atoms with van der Waals surface area (Å²) >= 11 is 0. The van der Waals surface area contributed by atoms with E-state index in [0.29, 0.717) is 18.1 Å². The molecule has 5 heteroatoms. The average Bonchev–Trinajstić information content (AvgIpc) is 2.57. The minimum Gasteiger partial charge on any atom is -0.484 e. The second-order valence-electron chi connectivity index (χ2n) is 6.24. The van der Waals surface area contributed by atoms with Gasteiger partial charge in [0.25, 0.3) is 5.91 Å². The van der Waals surface area contributed by atoms with Gasteiger partial charge in [0, 0.05) is 6.42 Å². The molecule has 0 aromatic heterocycles. The Balaban J connectivity index is 1.59. The number of carbonyl (C=O) groups is 2. The molecular weight excluding hydrogens is 292 g/mol. The molecule has 2 rings (SSSR count). The van der Waals surface area contributed by atoms with E-state index in [1.54, 1.807) is 6.07 Å². The fraction of sp³-hybridized carbons (Fsp3) is 0.556. The van der Waals surface area contributed by atoms with Gasteiger partial charge in [-0.2, -0.15) is 0 Å². The van der Waals surface area contributed by atoms with E-state index in [9.17, 15) is 9.59 Å². The van der Waals surface area contributed by atoms with E-state index in [4.69, 9.17) is 4.74 Å². The topological polar surface area (TPSA) is 67.4 Å². The second-order valence-corrected chi connectivity index (χ2v) is 6.24. The monoisotopic (exact) mass is 318 g/mol. The van der Waals surface area contributed by atoms with Gasteiger partial charge >= 0.3 is 0 Å². The number of nitrogens with one attached hydrogen (secondary N) is 2. The molecule has 1 aliphatic carbocycles. The smallest absolute Gasteiger partial charge is 0.276 e. The second kappa shape index (κ2) is 9.18. The number of hydrazine groups is 1.